The molecule has 3 rings (SSSR count). The van der Waals surface area contributed by atoms with Crippen LogP contribution in [0.4, 0.5) is 0 Å². The molecule has 1 saturated carbocycles. The summed E-state index contributed by atoms with van der Waals surface area (Å²) in [6.07, 6.45) is 14.0. The molecule has 1 aliphatic carbocycles. The third kappa shape index (κ3) is 3.05. The van der Waals surface area contributed by atoms with Crippen LogP contribution in [0.3, 0.4) is 0 Å². The maximum Gasteiger partial charge on any atom is 0.0332 e. The predicted octanol–water partition coefficient (Wildman–Crippen LogP) is 2.60. The van der Waals surface area contributed by atoms with Gasteiger partial charge < -0.3 is 5.73 Å². The molecule has 0 bridgehead atoms. The van der Waals surface area contributed by atoms with Crippen LogP contribution < -0.4 is 5.73 Å². The molecular weight excluding hydrogens is 246 g/mol. The van der Waals surface area contributed by atoms with E-state index >= 15 is 0 Å². The molecule has 2 saturated heterocycles. The van der Waals surface area contributed by atoms with E-state index < -0.39 is 0 Å². The summed E-state index contributed by atoms with van der Waals surface area (Å²) in [6, 6.07) is 0.825. The lowest BCUT2D eigenvalue weighted by Crippen LogP contribution is -2.54. The van der Waals surface area contributed by atoms with Crippen LogP contribution in [0.25, 0.3) is 0 Å². The second kappa shape index (κ2) is 6.76. The minimum Gasteiger partial charge on any atom is -0.329 e. The van der Waals surface area contributed by atoms with Crippen molar-refractivity contribution in [3.05, 3.63) is 0 Å². The second-order valence-corrected chi connectivity index (χ2v) is 7.33. The molecule has 0 aromatic rings. The van der Waals surface area contributed by atoms with Gasteiger partial charge in [-0.1, -0.05) is 32.1 Å². The molecule has 116 valence electrons. The molecule has 0 spiro atoms. The predicted molar refractivity (Wildman–Crippen MR) is 84.9 cm³/mol. The van der Waals surface area contributed by atoms with Gasteiger partial charge in [0.2, 0.25) is 0 Å². The van der Waals surface area contributed by atoms with Crippen LogP contribution in [-0.2, 0) is 0 Å². The van der Waals surface area contributed by atoms with Crippen molar-refractivity contribution in [2.75, 3.05) is 32.7 Å². The standard InChI is InChI=1S/C17H33N3/c18-15-17(9-4-2-1-3-5-10-17)20-13-8-16(14-20)19-11-6-7-12-19/h16H,1-15,18H2. The van der Waals surface area contributed by atoms with Gasteiger partial charge in [-0.3, -0.25) is 9.80 Å². The largest absolute Gasteiger partial charge is 0.329 e. The molecule has 0 radical (unpaired) electrons. The van der Waals surface area contributed by atoms with Crippen molar-refractivity contribution >= 4 is 0 Å². The molecule has 2 aliphatic heterocycles. The molecule has 3 nitrogen and oxygen atoms in total. The molecule has 0 aromatic heterocycles. The molecule has 0 aromatic carbocycles. The molecule has 0 amide bonds. The van der Waals surface area contributed by atoms with Crippen molar-refractivity contribution in [1.82, 2.24) is 9.80 Å². The van der Waals surface area contributed by atoms with Crippen LogP contribution in [0, 0.1) is 0 Å². The summed E-state index contributed by atoms with van der Waals surface area (Å²) in [4.78, 5) is 5.54. The third-order valence-electron chi connectivity index (χ3n) is 6.16. The first-order chi connectivity index (χ1) is 9.84. The average Bonchev–Trinajstić information content (AvgIpc) is 3.10. The number of hydrogen-bond acceptors (Lipinski definition) is 3. The lowest BCUT2D eigenvalue weighted by atomic mass is 9.82. The highest BCUT2D eigenvalue weighted by atomic mass is 15.3. The van der Waals surface area contributed by atoms with Crippen molar-refractivity contribution in [3.8, 4) is 0 Å². The Morgan fingerprint density at radius 1 is 0.850 bits per heavy atom. The van der Waals surface area contributed by atoms with Gasteiger partial charge in [0.15, 0.2) is 0 Å². The zero-order valence-corrected chi connectivity index (χ0v) is 13.2. The fourth-order valence-corrected chi connectivity index (χ4v) is 4.79. The minimum absolute atomic E-state index is 0.342. The Kier molecular flexibility index (Phi) is 5.00. The average molecular weight is 279 g/mol. The fourth-order valence-electron chi connectivity index (χ4n) is 4.79. The normalized spacial score (nSPS) is 33.1. The summed E-state index contributed by atoms with van der Waals surface area (Å²) in [5, 5.41) is 0. The van der Waals surface area contributed by atoms with Crippen molar-refractivity contribution < 1.29 is 0 Å². The van der Waals surface area contributed by atoms with E-state index in [0.29, 0.717) is 5.54 Å². The summed E-state index contributed by atoms with van der Waals surface area (Å²) < 4.78 is 0. The highest BCUT2D eigenvalue weighted by Crippen LogP contribution is 2.35. The summed E-state index contributed by atoms with van der Waals surface area (Å²) in [6.45, 7) is 6.14. The molecule has 20 heavy (non-hydrogen) atoms. The van der Waals surface area contributed by atoms with Crippen LogP contribution in [0.1, 0.15) is 64.2 Å². The first-order valence-electron chi connectivity index (χ1n) is 9.03. The summed E-state index contributed by atoms with van der Waals surface area (Å²) in [5.41, 5.74) is 6.62. The number of nitrogens with two attached hydrogens (primary N) is 1. The Morgan fingerprint density at radius 2 is 1.50 bits per heavy atom. The van der Waals surface area contributed by atoms with Gasteiger partial charge >= 0.3 is 0 Å². The van der Waals surface area contributed by atoms with Crippen molar-refractivity contribution in [2.24, 2.45) is 5.73 Å². The van der Waals surface area contributed by atoms with Gasteiger partial charge in [-0.15, -0.1) is 0 Å². The Morgan fingerprint density at radius 3 is 2.15 bits per heavy atom. The van der Waals surface area contributed by atoms with Gasteiger partial charge in [0, 0.05) is 31.2 Å². The summed E-state index contributed by atoms with van der Waals surface area (Å²) >= 11 is 0. The first-order valence-corrected chi connectivity index (χ1v) is 9.03. The van der Waals surface area contributed by atoms with E-state index in [0.717, 1.165) is 12.6 Å². The van der Waals surface area contributed by atoms with E-state index in [1.54, 1.807) is 0 Å². The molecule has 3 aliphatic rings. The van der Waals surface area contributed by atoms with Crippen LogP contribution in [0.5, 0.6) is 0 Å². The van der Waals surface area contributed by atoms with Crippen molar-refractivity contribution in [3.63, 3.8) is 0 Å². The van der Waals surface area contributed by atoms with Gasteiger partial charge in [0.1, 0.15) is 0 Å². The van der Waals surface area contributed by atoms with Crippen molar-refractivity contribution in [2.45, 2.75) is 75.8 Å². The van der Waals surface area contributed by atoms with E-state index in [2.05, 4.69) is 9.80 Å². The smallest absolute Gasteiger partial charge is 0.0332 e. The topological polar surface area (TPSA) is 32.5 Å². The van der Waals surface area contributed by atoms with Crippen LogP contribution in [0.2, 0.25) is 0 Å². The van der Waals surface area contributed by atoms with E-state index in [4.69, 9.17) is 5.73 Å². The van der Waals surface area contributed by atoms with Crippen molar-refractivity contribution in [1.29, 1.82) is 0 Å². The van der Waals surface area contributed by atoms with Crippen LogP contribution >= 0.6 is 0 Å². The fraction of sp³-hybridized carbons (Fsp3) is 1.00. The Balaban J connectivity index is 1.63. The van der Waals surface area contributed by atoms with Gasteiger partial charge in [-0.25, -0.2) is 0 Å². The first kappa shape index (κ1) is 14.8. The van der Waals surface area contributed by atoms with Gasteiger partial charge in [0.25, 0.3) is 0 Å². The Labute approximate surface area is 124 Å². The zero-order chi connectivity index (χ0) is 13.8. The maximum absolute atomic E-state index is 6.28. The van der Waals surface area contributed by atoms with E-state index in [-0.39, 0.29) is 0 Å². The summed E-state index contributed by atoms with van der Waals surface area (Å²) in [7, 11) is 0. The van der Waals surface area contributed by atoms with Crippen LogP contribution in [0.15, 0.2) is 0 Å². The lowest BCUT2D eigenvalue weighted by molar-refractivity contribution is 0.0824. The molecule has 3 heteroatoms. The molecular formula is C17H33N3. The SMILES string of the molecule is NCC1(N2CCC(N3CCCC3)C2)CCCCCCC1. The quantitative estimate of drug-likeness (QED) is 0.862. The Hall–Kier alpha value is -0.120. The number of hydrogen-bond donors (Lipinski definition) is 1. The number of rotatable bonds is 3. The highest BCUT2D eigenvalue weighted by molar-refractivity contribution is 4.98. The third-order valence-corrected chi connectivity index (χ3v) is 6.16. The highest BCUT2D eigenvalue weighted by Gasteiger charge is 2.40. The van der Waals surface area contributed by atoms with Gasteiger partial charge in [-0.05, 0) is 45.2 Å². The van der Waals surface area contributed by atoms with E-state index in [1.807, 2.05) is 0 Å². The monoisotopic (exact) mass is 279 g/mol. The zero-order valence-electron chi connectivity index (χ0n) is 13.2. The van der Waals surface area contributed by atoms with Crippen LogP contribution in [-0.4, -0.2) is 54.1 Å². The second-order valence-electron chi connectivity index (χ2n) is 7.33. The summed E-state index contributed by atoms with van der Waals surface area (Å²) in [5.74, 6) is 0. The Bertz CT molecular complexity index is 291. The molecule has 3 fully saturated rings. The minimum atomic E-state index is 0.342. The molecule has 1 atom stereocenters. The van der Waals surface area contributed by atoms with E-state index in [9.17, 15) is 0 Å². The van der Waals surface area contributed by atoms with Gasteiger partial charge in [-0.2, -0.15) is 0 Å². The number of nitrogens with zero attached hydrogens (tertiary/aromatic N) is 2. The molecule has 2 heterocycles. The number of likely N-dealkylation sites (tertiary alicyclic amines) is 2. The molecule has 2 N–H and O–H groups in total. The molecule has 1 unspecified atom stereocenters. The maximum atomic E-state index is 6.28. The van der Waals surface area contributed by atoms with E-state index in [1.165, 1.54) is 90.4 Å². The lowest BCUT2D eigenvalue weighted by Gasteiger charge is -2.43. The van der Waals surface area contributed by atoms with Gasteiger partial charge in [0.05, 0.1) is 0 Å².